The molecule has 1 aromatic carbocycles. The fraction of sp³-hybridized carbons (Fsp3) is 0.714. The van der Waals surface area contributed by atoms with E-state index in [1.165, 1.54) is 18.9 Å². The van der Waals surface area contributed by atoms with Gasteiger partial charge in [-0.25, -0.2) is 4.39 Å². The van der Waals surface area contributed by atoms with E-state index in [4.69, 9.17) is 0 Å². The van der Waals surface area contributed by atoms with Gasteiger partial charge in [-0.05, 0) is 56.0 Å². The number of hydrogen-bond donors (Lipinski definition) is 1. The molecule has 1 N–H and O–H groups in total. The zero-order valence-corrected chi connectivity index (χ0v) is 16.2. The summed E-state index contributed by atoms with van der Waals surface area (Å²) in [5, 5.41) is 9.52. The summed E-state index contributed by atoms with van der Waals surface area (Å²) in [6.45, 7) is 13.1. The fourth-order valence-corrected chi connectivity index (χ4v) is 3.81. The highest BCUT2D eigenvalue weighted by atomic mass is 19.1. The van der Waals surface area contributed by atoms with Crippen molar-refractivity contribution in [3.8, 4) is 0 Å². The third-order valence-corrected chi connectivity index (χ3v) is 5.25. The summed E-state index contributed by atoms with van der Waals surface area (Å²) in [7, 11) is 0. The standard InChI is InChI=1S/C21H35FN2O/c1-4-23(16-21(2,3)17-25)14-19-8-6-11-24(15-19)12-10-18-7-5-9-20(22)13-18/h5,7,9,13,19,25H,4,6,8,10-12,14-17H2,1-3H3/t19-/m1/s1. The highest BCUT2D eigenvalue weighted by Gasteiger charge is 2.25. The second-order valence-electron chi connectivity index (χ2n) is 8.34. The Kier molecular flexibility index (Phi) is 7.85. The topological polar surface area (TPSA) is 26.7 Å². The molecule has 1 aliphatic rings. The van der Waals surface area contributed by atoms with Crippen molar-refractivity contribution in [2.24, 2.45) is 11.3 Å². The molecule has 1 heterocycles. The van der Waals surface area contributed by atoms with Crippen molar-refractivity contribution in [1.82, 2.24) is 9.80 Å². The normalized spacial score (nSPS) is 19.5. The molecule has 0 radical (unpaired) electrons. The number of aliphatic hydroxyl groups excluding tert-OH is 1. The molecule has 0 saturated carbocycles. The maximum absolute atomic E-state index is 13.3. The summed E-state index contributed by atoms with van der Waals surface area (Å²) in [5.41, 5.74) is 1.05. The molecule has 25 heavy (non-hydrogen) atoms. The second kappa shape index (κ2) is 9.65. The zero-order chi connectivity index (χ0) is 18.3. The van der Waals surface area contributed by atoms with Crippen molar-refractivity contribution in [2.75, 3.05) is 45.9 Å². The number of nitrogens with zero attached hydrogens (tertiary/aromatic N) is 2. The lowest BCUT2D eigenvalue weighted by Gasteiger charge is -2.37. The molecule has 0 aliphatic carbocycles. The molecule has 142 valence electrons. The van der Waals surface area contributed by atoms with Crippen LogP contribution in [-0.4, -0.2) is 60.8 Å². The van der Waals surface area contributed by atoms with E-state index in [1.807, 2.05) is 6.07 Å². The van der Waals surface area contributed by atoms with Crippen LogP contribution in [0.5, 0.6) is 0 Å². The maximum Gasteiger partial charge on any atom is 0.123 e. The van der Waals surface area contributed by atoms with Crippen LogP contribution in [-0.2, 0) is 6.42 Å². The third kappa shape index (κ3) is 7.04. The minimum Gasteiger partial charge on any atom is -0.396 e. The van der Waals surface area contributed by atoms with Crippen LogP contribution in [0.1, 0.15) is 39.2 Å². The van der Waals surface area contributed by atoms with Gasteiger partial charge in [0.05, 0.1) is 0 Å². The van der Waals surface area contributed by atoms with E-state index < -0.39 is 0 Å². The van der Waals surface area contributed by atoms with Crippen molar-refractivity contribution < 1.29 is 9.50 Å². The predicted octanol–water partition coefficient (Wildman–Crippen LogP) is 3.42. The van der Waals surface area contributed by atoms with Gasteiger partial charge in [0.25, 0.3) is 0 Å². The maximum atomic E-state index is 13.3. The van der Waals surface area contributed by atoms with Gasteiger partial charge < -0.3 is 14.9 Å². The van der Waals surface area contributed by atoms with E-state index >= 15 is 0 Å². The lowest BCUT2D eigenvalue weighted by atomic mass is 9.92. The molecule has 1 aliphatic heterocycles. The van der Waals surface area contributed by atoms with Crippen molar-refractivity contribution >= 4 is 0 Å². The number of halogens is 1. The first-order valence-electron chi connectivity index (χ1n) is 9.72. The summed E-state index contributed by atoms with van der Waals surface area (Å²) in [5.74, 6) is 0.551. The van der Waals surface area contributed by atoms with Crippen LogP contribution < -0.4 is 0 Å². The molecule has 0 spiro atoms. The van der Waals surface area contributed by atoms with Gasteiger partial charge in [-0.2, -0.15) is 0 Å². The molecule has 1 aromatic rings. The highest BCUT2D eigenvalue weighted by molar-refractivity contribution is 5.16. The largest absolute Gasteiger partial charge is 0.396 e. The highest BCUT2D eigenvalue weighted by Crippen LogP contribution is 2.21. The van der Waals surface area contributed by atoms with Gasteiger partial charge in [-0.1, -0.05) is 32.9 Å². The average molecular weight is 351 g/mol. The van der Waals surface area contributed by atoms with Gasteiger partial charge in [0.15, 0.2) is 0 Å². The number of aliphatic hydroxyl groups is 1. The minimum absolute atomic E-state index is 0.0399. The zero-order valence-electron chi connectivity index (χ0n) is 16.2. The number of benzene rings is 1. The Morgan fingerprint density at radius 1 is 1.36 bits per heavy atom. The molecule has 2 rings (SSSR count). The quantitative estimate of drug-likeness (QED) is 0.739. The first-order valence-corrected chi connectivity index (χ1v) is 9.72. The molecule has 1 fully saturated rings. The van der Waals surface area contributed by atoms with E-state index in [9.17, 15) is 9.50 Å². The molecular formula is C21H35FN2O. The SMILES string of the molecule is CCN(C[C@H]1CCCN(CCc2cccc(F)c2)C1)CC(C)(C)CO. The van der Waals surface area contributed by atoms with Crippen LogP contribution in [0.15, 0.2) is 24.3 Å². The first-order chi connectivity index (χ1) is 11.9. The summed E-state index contributed by atoms with van der Waals surface area (Å²) in [6.07, 6.45) is 3.45. The predicted molar refractivity (Wildman–Crippen MR) is 102 cm³/mol. The van der Waals surface area contributed by atoms with Gasteiger partial charge in [-0.3, -0.25) is 0 Å². The van der Waals surface area contributed by atoms with Crippen LogP contribution in [0.4, 0.5) is 4.39 Å². The first kappa shape index (κ1) is 20.3. The van der Waals surface area contributed by atoms with Gasteiger partial charge >= 0.3 is 0 Å². The molecule has 4 heteroatoms. The van der Waals surface area contributed by atoms with Crippen molar-refractivity contribution in [3.63, 3.8) is 0 Å². The Morgan fingerprint density at radius 3 is 2.84 bits per heavy atom. The van der Waals surface area contributed by atoms with Crippen molar-refractivity contribution in [3.05, 3.63) is 35.6 Å². The van der Waals surface area contributed by atoms with Crippen molar-refractivity contribution in [2.45, 2.75) is 40.0 Å². The van der Waals surface area contributed by atoms with Gasteiger partial charge in [-0.15, -0.1) is 0 Å². The summed E-state index contributed by atoms with van der Waals surface area (Å²) >= 11 is 0. The van der Waals surface area contributed by atoms with Crippen LogP contribution in [0, 0.1) is 17.2 Å². The van der Waals surface area contributed by atoms with Crippen LogP contribution in [0.25, 0.3) is 0 Å². The Morgan fingerprint density at radius 2 is 2.16 bits per heavy atom. The van der Waals surface area contributed by atoms with Crippen LogP contribution in [0.2, 0.25) is 0 Å². The Balaban J connectivity index is 1.81. The molecule has 0 bridgehead atoms. The molecule has 0 amide bonds. The Hall–Kier alpha value is -0.970. The molecule has 1 saturated heterocycles. The minimum atomic E-state index is -0.140. The molecular weight excluding hydrogens is 315 g/mol. The Labute approximate surface area is 152 Å². The molecule has 1 atom stereocenters. The monoisotopic (exact) mass is 350 g/mol. The molecule has 0 aromatic heterocycles. The van der Waals surface area contributed by atoms with Crippen LogP contribution >= 0.6 is 0 Å². The molecule has 0 unspecified atom stereocenters. The van der Waals surface area contributed by atoms with E-state index in [0.29, 0.717) is 5.92 Å². The summed E-state index contributed by atoms with van der Waals surface area (Å²) in [6, 6.07) is 6.97. The van der Waals surface area contributed by atoms with E-state index in [0.717, 1.165) is 51.3 Å². The van der Waals surface area contributed by atoms with Gasteiger partial charge in [0, 0.05) is 38.2 Å². The van der Waals surface area contributed by atoms with E-state index in [1.54, 1.807) is 12.1 Å². The van der Waals surface area contributed by atoms with Crippen LogP contribution in [0.3, 0.4) is 0 Å². The van der Waals surface area contributed by atoms with E-state index in [2.05, 4.69) is 30.6 Å². The smallest absolute Gasteiger partial charge is 0.123 e. The lowest BCUT2D eigenvalue weighted by molar-refractivity contribution is 0.0800. The third-order valence-electron chi connectivity index (χ3n) is 5.25. The number of piperidine rings is 1. The number of hydrogen-bond acceptors (Lipinski definition) is 3. The van der Waals surface area contributed by atoms with Crippen molar-refractivity contribution in [1.29, 1.82) is 0 Å². The summed E-state index contributed by atoms with van der Waals surface area (Å²) < 4.78 is 13.3. The average Bonchev–Trinajstić information content (AvgIpc) is 2.60. The number of rotatable bonds is 9. The lowest BCUT2D eigenvalue weighted by Crippen LogP contribution is -2.44. The number of likely N-dealkylation sites (tertiary alicyclic amines) is 1. The summed E-state index contributed by atoms with van der Waals surface area (Å²) in [4.78, 5) is 5.01. The fourth-order valence-electron chi connectivity index (χ4n) is 3.81. The second-order valence-corrected chi connectivity index (χ2v) is 8.34. The molecule has 3 nitrogen and oxygen atoms in total. The van der Waals surface area contributed by atoms with Gasteiger partial charge in [0.1, 0.15) is 5.82 Å². The Bertz CT molecular complexity index is 520. The van der Waals surface area contributed by atoms with E-state index in [-0.39, 0.29) is 17.8 Å². The van der Waals surface area contributed by atoms with Gasteiger partial charge in [0.2, 0.25) is 0 Å².